The molecule has 0 spiro atoms. The highest BCUT2D eigenvalue weighted by atomic mass is 35.5. The number of carbonyl (C=O) groups excluding carboxylic acids is 1. The molecule has 2 fully saturated rings. The molecule has 0 aromatic carbocycles. The van der Waals surface area contributed by atoms with Crippen LogP contribution >= 0.6 is 24.8 Å². The summed E-state index contributed by atoms with van der Waals surface area (Å²) >= 11 is 0. The molecule has 0 radical (unpaired) electrons. The van der Waals surface area contributed by atoms with Crippen LogP contribution < -0.4 is 5.32 Å². The van der Waals surface area contributed by atoms with Crippen LogP contribution in [0.4, 0.5) is 0 Å². The zero-order chi connectivity index (χ0) is 15.6. The Balaban J connectivity index is 0.00000113. The van der Waals surface area contributed by atoms with Crippen LogP contribution in [0, 0.1) is 0 Å². The van der Waals surface area contributed by atoms with E-state index in [0.29, 0.717) is 19.8 Å². The lowest BCUT2D eigenvalue weighted by Gasteiger charge is -2.35. The molecule has 7 nitrogen and oxygen atoms in total. The highest BCUT2D eigenvalue weighted by Gasteiger charge is 2.32. The van der Waals surface area contributed by atoms with Crippen molar-refractivity contribution < 1.29 is 9.53 Å². The average Bonchev–Trinajstić information content (AvgIpc) is 3.06. The summed E-state index contributed by atoms with van der Waals surface area (Å²) in [6, 6.07) is 5.68. The van der Waals surface area contributed by atoms with E-state index in [1.54, 1.807) is 0 Å². The molecule has 2 unspecified atom stereocenters. The number of rotatable bonds is 2. The second-order valence-electron chi connectivity index (χ2n) is 6.19. The maximum atomic E-state index is 12.7. The average molecular weight is 388 g/mol. The van der Waals surface area contributed by atoms with E-state index >= 15 is 0 Å². The second-order valence-corrected chi connectivity index (χ2v) is 6.19. The van der Waals surface area contributed by atoms with Crippen LogP contribution in [0.15, 0.2) is 24.4 Å². The molecule has 0 saturated carbocycles. The molecule has 1 N–H and O–H groups in total. The number of aromatic nitrogens is 3. The highest BCUT2D eigenvalue weighted by Crippen LogP contribution is 2.26. The van der Waals surface area contributed by atoms with Crippen molar-refractivity contribution in [1.82, 2.24) is 24.8 Å². The normalized spacial score (nSPS) is 23.6. The van der Waals surface area contributed by atoms with Gasteiger partial charge in [-0.15, -0.1) is 35.0 Å². The lowest BCUT2D eigenvalue weighted by Crippen LogP contribution is -2.54. The maximum Gasteiger partial charge on any atom is 0.242 e. The minimum absolute atomic E-state index is 0. The number of nitrogens with one attached hydrogen (secondary N) is 1. The van der Waals surface area contributed by atoms with Crippen LogP contribution in [0.5, 0.6) is 0 Å². The third kappa shape index (κ3) is 4.06. The SMILES string of the molecule is Cl.Cl.O=C(C1COCCN1)N1CCCC(c2nnc3ccccn23)C1. The number of hydrogen-bond acceptors (Lipinski definition) is 5. The summed E-state index contributed by atoms with van der Waals surface area (Å²) in [5.41, 5.74) is 0.855. The Morgan fingerprint density at radius 1 is 1.28 bits per heavy atom. The highest BCUT2D eigenvalue weighted by molar-refractivity contribution is 5.85. The first-order valence-electron chi connectivity index (χ1n) is 8.22. The zero-order valence-corrected chi connectivity index (χ0v) is 15.5. The Hall–Kier alpha value is -1.41. The molecular formula is C16H23Cl2N5O2. The molecule has 9 heteroatoms. The lowest BCUT2D eigenvalue weighted by molar-refractivity contribution is -0.137. The van der Waals surface area contributed by atoms with Crippen molar-refractivity contribution in [3.63, 3.8) is 0 Å². The monoisotopic (exact) mass is 387 g/mol. The van der Waals surface area contributed by atoms with Gasteiger partial charge in [-0.25, -0.2) is 0 Å². The number of carbonyl (C=O) groups is 1. The first-order valence-corrected chi connectivity index (χ1v) is 8.22. The maximum absolute atomic E-state index is 12.7. The summed E-state index contributed by atoms with van der Waals surface area (Å²) in [5.74, 6) is 1.32. The van der Waals surface area contributed by atoms with Crippen molar-refractivity contribution in [2.45, 2.75) is 24.8 Å². The number of pyridine rings is 1. The van der Waals surface area contributed by atoms with Crippen molar-refractivity contribution in [1.29, 1.82) is 0 Å². The van der Waals surface area contributed by atoms with Crippen LogP contribution in [-0.2, 0) is 9.53 Å². The Labute approximate surface area is 158 Å². The zero-order valence-electron chi connectivity index (χ0n) is 13.8. The predicted molar refractivity (Wildman–Crippen MR) is 98.6 cm³/mol. The fraction of sp³-hybridized carbons (Fsp3) is 0.562. The third-order valence-electron chi connectivity index (χ3n) is 4.66. The number of piperidine rings is 1. The van der Waals surface area contributed by atoms with Gasteiger partial charge in [-0.1, -0.05) is 6.07 Å². The Kier molecular flexibility index (Phi) is 7.01. The van der Waals surface area contributed by atoms with Crippen molar-refractivity contribution >= 4 is 36.4 Å². The standard InChI is InChI=1S/C16H21N5O2.2ClH/c22-16(13-11-23-9-6-17-13)20-7-3-4-12(10-20)15-19-18-14-5-1-2-8-21(14)15;;/h1-2,5,8,12-13,17H,3-4,6-7,9-11H2;2*1H. The Bertz CT molecular complexity index is 705. The van der Waals surface area contributed by atoms with Gasteiger partial charge >= 0.3 is 0 Å². The van der Waals surface area contributed by atoms with Gasteiger partial charge in [0, 0.05) is 31.7 Å². The predicted octanol–water partition coefficient (Wildman–Crippen LogP) is 1.27. The van der Waals surface area contributed by atoms with Gasteiger partial charge in [0.2, 0.25) is 5.91 Å². The molecule has 2 aliphatic heterocycles. The first-order chi connectivity index (χ1) is 11.3. The molecule has 1 amide bonds. The molecular weight excluding hydrogens is 365 g/mol. The van der Waals surface area contributed by atoms with Gasteiger partial charge in [0.25, 0.3) is 0 Å². The number of hydrogen-bond donors (Lipinski definition) is 1. The van der Waals surface area contributed by atoms with E-state index in [2.05, 4.69) is 15.5 Å². The largest absolute Gasteiger partial charge is 0.378 e. The topological polar surface area (TPSA) is 71.8 Å². The van der Waals surface area contributed by atoms with E-state index < -0.39 is 0 Å². The summed E-state index contributed by atoms with van der Waals surface area (Å²) < 4.78 is 7.44. The number of ether oxygens (including phenoxy) is 1. The van der Waals surface area contributed by atoms with Gasteiger partial charge in [0.05, 0.1) is 13.2 Å². The molecule has 2 saturated heterocycles. The van der Waals surface area contributed by atoms with Crippen molar-refractivity contribution in [3.8, 4) is 0 Å². The van der Waals surface area contributed by atoms with Crippen LogP contribution in [0.3, 0.4) is 0 Å². The number of amides is 1. The van der Waals surface area contributed by atoms with Crippen molar-refractivity contribution in [2.75, 3.05) is 32.8 Å². The lowest BCUT2D eigenvalue weighted by atomic mass is 9.96. The minimum atomic E-state index is -0.211. The van der Waals surface area contributed by atoms with Gasteiger partial charge in [-0.2, -0.15) is 0 Å². The molecule has 2 atom stereocenters. The van der Waals surface area contributed by atoms with E-state index in [0.717, 1.165) is 37.4 Å². The van der Waals surface area contributed by atoms with Crippen LogP contribution in [0.1, 0.15) is 24.6 Å². The second kappa shape index (κ2) is 8.80. The van der Waals surface area contributed by atoms with Crippen molar-refractivity contribution in [3.05, 3.63) is 30.2 Å². The van der Waals surface area contributed by atoms with Gasteiger partial charge in [-0.3, -0.25) is 9.20 Å². The van der Waals surface area contributed by atoms with Gasteiger partial charge < -0.3 is 15.0 Å². The number of morpholine rings is 1. The number of nitrogens with zero attached hydrogens (tertiary/aromatic N) is 4. The van der Waals surface area contributed by atoms with Crippen LogP contribution in [-0.4, -0.2) is 64.3 Å². The molecule has 2 aromatic rings. The van der Waals surface area contributed by atoms with Crippen molar-refractivity contribution in [2.24, 2.45) is 0 Å². The molecule has 0 aliphatic carbocycles. The minimum Gasteiger partial charge on any atom is -0.378 e. The molecule has 2 aliphatic rings. The van der Waals surface area contributed by atoms with E-state index in [1.165, 1.54) is 0 Å². The molecule has 25 heavy (non-hydrogen) atoms. The Morgan fingerprint density at radius 2 is 2.16 bits per heavy atom. The summed E-state index contributed by atoms with van der Waals surface area (Å²) in [6.45, 7) is 3.39. The summed E-state index contributed by atoms with van der Waals surface area (Å²) in [7, 11) is 0. The smallest absolute Gasteiger partial charge is 0.242 e. The molecule has 0 bridgehead atoms. The first kappa shape index (κ1) is 19.9. The molecule has 2 aromatic heterocycles. The van der Waals surface area contributed by atoms with E-state index in [1.807, 2.05) is 33.7 Å². The van der Waals surface area contributed by atoms with Gasteiger partial charge in [-0.05, 0) is 25.0 Å². The number of likely N-dealkylation sites (tertiary alicyclic amines) is 1. The fourth-order valence-corrected chi connectivity index (χ4v) is 3.47. The van der Waals surface area contributed by atoms with Gasteiger partial charge in [0.15, 0.2) is 5.65 Å². The summed E-state index contributed by atoms with van der Waals surface area (Å²) in [5, 5.41) is 11.8. The fourth-order valence-electron chi connectivity index (χ4n) is 3.47. The van der Waals surface area contributed by atoms with Gasteiger partial charge in [0.1, 0.15) is 11.9 Å². The quantitative estimate of drug-likeness (QED) is 0.839. The van der Waals surface area contributed by atoms with Crippen LogP contribution in [0.25, 0.3) is 5.65 Å². The Morgan fingerprint density at radius 3 is 2.96 bits per heavy atom. The third-order valence-corrected chi connectivity index (χ3v) is 4.66. The number of halogens is 2. The summed E-state index contributed by atoms with van der Waals surface area (Å²) in [4.78, 5) is 14.6. The van der Waals surface area contributed by atoms with E-state index in [4.69, 9.17) is 4.74 Å². The number of fused-ring (bicyclic) bond motifs is 1. The van der Waals surface area contributed by atoms with E-state index in [9.17, 15) is 4.79 Å². The molecule has 138 valence electrons. The molecule has 4 rings (SSSR count). The van der Waals surface area contributed by atoms with Crippen LogP contribution in [0.2, 0.25) is 0 Å². The molecule has 4 heterocycles. The summed E-state index contributed by atoms with van der Waals surface area (Å²) in [6.07, 6.45) is 4.02. The van der Waals surface area contributed by atoms with E-state index in [-0.39, 0.29) is 42.7 Å².